The highest BCUT2D eigenvalue weighted by Gasteiger charge is 2.14. The van der Waals surface area contributed by atoms with E-state index in [-0.39, 0.29) is 21.2 Å². The Morgan fingerprint density at radius 3 is 1.51 bits per heavy atom. The molecule has 4 rings (SSSR count). The van der Waals surface area contributed by atoms with E-state index in [0.717, 1.165) is 0 Å². The van der Waals surface area contributed by atoms with Crippen LogP contribution in [0.4, 0.5) is 28.4 Å². The summed E-state index contributed by atoms with van der Waals surface area (Å²) in [5, 5.41) is 17.4. The van der Waals surface area contributed by atoms with E-state index in [4.69, 9.17) is 10.3 Å². The normalized spacial score (nSPS) is 12.6. The first-order valence-electron chi connectivity index (χ1n) is 9.81. The van der Waals surface area contributed by atoms with Crippen molar-refractivity contribution in [2.75, 3.05) is 5.73 Å². The van der Waals surface area contributed by atoms with Crippen LogP contribution in [0.2, 0.25) is 0 Å². The zero-order chi connectivity index (χ0) is 25.2. The Bertz CT molecular complexity index is 1680. The molecule has 0 aliphatic carbocycles. The Kier molecular flexibility index (Phi) is 6.41. The van der Waals surface area contributed by atoms with Crippen molar-refractivity contribution >= 4 is 59.4 Å². The minimum Gasteiger partial charge on any atom is -0.399 e. The molecule has 11 nitrogen and oxygen atoms in total. The van der Waals surface area contributed by atoms with Crippen molar-refractivity contribution in [1.82, 2.24) is 0 Å². The molecule has 0 saturated heterocycles. The summed E-state index contributed by atoms with van der Waals surface area (Å²) in [4.78, 5) is -0.637. The van der Waals surface area contributed by atoms with Crippen molar-refractivity contribution < 1.29 is 25.9 Å². The fraction of sp³-hybridized carbons (Fsp3) is 0. The summed E-state index contributed by atoms with van der Waals surface area (Å²) in [5.41, 5.74) is 7.76. The van der Waals surface area contributed by atoms with Gasteiger partial charge in [0, 0.05) is 16.5 Å². The highest BCUT2D eigenvalue weighted by Crippen LogP contribution is 2.36. The molecule has 4 N–H and O–H groups in total. The number of nitrogen functional groups attached to an aromatic ring is 1. The minimum atomic E-state index is -4.49. The average molecular weight is 512 g/mol. The van der Waals surface area contributed by atoms with Crippen LogP contribution in [0.1, 0.15) is 0 Å². The van der Waals surface area contributed by atoms with Gasteiger partial charge >= 0.3 is 0 Å². The molecule has 0 fully saturated rings. The summed E-state index contributed by atoms with van der Waals surface area (Å²) in [5.74, 6) is 0. The second-order valence-electron chi connectivity index (χ2n) is 7.25. The number of rotatable bonds is 6. The molecule has 0 atom stereocenters. The van der Waals surface area contributed by atoms with Crippen LogP contribution in [0.15, 0.2) is 109 Å². The number of azo groups is 2. The lowest BCUT2D eigenvalue weighted by Crippen LogP contribution is -1.97. The number of hydrogen-bond donors (Lipinski definition) is 3. The Morgan fingerprint density at radius 2 is 1.00 bits per heavy atom. The minimum absolute atomic E-state index is 0.260. The zero-order valence-corrected chi connectivity index (χ0v) is 19.3. The first-order chi connectivity index (χ1) is 16.5. The van der Waals surface area contributed by atoms with Crippen LogP contribution in [0.5, 0.6) is 0 Å². The number of anilines is 1. The summed E-state index contributed by atoms with van der Waals surface area (Å²) in [6, 6.07) is 18.8. The number of benzene rings is 4. The Morgan fingerprint density at radius 1 is 0.543 bits per heavy atom. The van der Waals surface area contributed by atoms with Gasteiger partial charge in [0.15, 0.2) is 0 Å². The predicted octanol–water partition coefficient (Wildman–Crippen LogP) is 5.75. The first kappa shape index (κ1) is 24.1. The van der Waals surface area contributed by atoms with Crippen molar-refractivity contribution in [3.63, 3.8) is 0 Å². The molecular formula is C22H17N5O6S2. The van der Waals surface area contributed by atoms with E-state index in [1.165, 1.54) is 42.5 Å². The topological polar surface area (TPSA) is 184 Å². The Labute approximate surface area is 200 Å². The van der Waals surface area contributed by atoms with Crippen molar-refractivity contribution in [1.29, 1.82) is 0 Å². The molecule has 0 aliphatic rings. The van der Waals surface area contributed by atoms with Crippen molar-refractivity contribution in [2.45, 2.75) is 9.79 Å². The van der Waals surface area contributed by atoms with Crippen LogP contribution < -0.4 is 5.73 Å². The maximum absolute atomic E-state index is 11.7. The number of hydrogen-bond acceptors (Lipinski definition) is 9. The second kappa shape index (κ2) is 9.31. The lowest BCUT2D eigenvalue weighted by atomic mass is 10.1. The molecule has 0 radical (unpaired) electrons. The van der Waals surface area contributed by atoms with Gasteiger partial charge in [0.1, 0.15) is 0 Å². The predicted molar refractivity (Wildman–Crippen MR) is 129 cm³/mol. The lowest BCUT2D eigenvalue weighted by molar-refractivity contribution is 0.481. The summed E-state index contributed by atoms with van der Waals surface area (Å²) >= 11 is 0. The molecule has 0 aliphatic heterocycles. The van der Waals surface area contributed by atoms with Crippen molar-refractivity contribution in [3.8, 4) is 0 Å². The van der Waals surface area contributed by atoms with Crippen molar-refractivity contribution in [3.05, 3.63) is 78.9 Å². The first-order valence-corrected chi connectivity index (χ1v) is 12.7. The number of fused-ring (bicyclic) bond motifs is 1. The van der Waals surface area contributed by atoms with E-state index in [1.807, 2.05) is 0 Å². The van der Waals surface area contributed by atoms with E-state index in [0.29, 0.717) is 27.8 Å². The van der Waals surface area contributed by atoms with Crippen LogP contribution in [0.25, 0.3) is 10.8 Å². The van der Waals surface area contributed by atoms with Crippen molar-refractivity contribution in [2.24, 2.45) is 20.5 Å². The van der Waals surface area contributed by atoms with E-state index < -0.39 is 20.2 Å². The molecule has 178 valence electrons. The molecule has 35 heavy (non-hydrogen) atoms. The fourth-order valence-corrected chi connectivity index (χ4v) is 4.07. The smallest absolute Gasteiger partial charge is 0.294 e. The monoisotopic (exact) mass is 511 g/mol. The van der Waals surface area contributed by atoms with Gasteiger partial charge < -0.3 is 5.73 Å². The number of nitrogens with zero attached hydrogens (tertiary/aromatic N) is 4. The Hall–Kier alpha value is -4.04. The standard InChI is InChI=1S/C22H17N5O6S2/c23-14-1-3-15(4-2-14)24-26-21-11-12-22(20-13-18(35(31,32)33)9-10-19(20)21)27-25-16-5-7-17(8-6-16)34(28,29)30/h1-13H,23H2,(H,28,29,30)(H,31,32,33). The van der Waals surface area contributed by atoms with Gasteiger partial charge in [-0.25, -0.2) is 0 Å². The highest BCUT2D eigenvalue weighted by molar-refractivity contribution is 7.86. The SMILES string of the molecule is Nc1ccc(N=Nc2ccc(N=Nc3ccc(S(=O)(=O)O)cc3)c3cc(S(=O)(=O)O)ccc23)cc1. The van der Waals surface area contributed by atoms with E-state index in [9.17, 15) is 21.4 Å². The lowest BCUT2D eigenvalue weighted by Gasteiger charge is -2.07. The maximum Gasteiger partial charge on any atom is 0.294 e. The molecule has 4 aromatic rings. The molecule has 0 aromatic heterocycles. The highest BCUT2D eigenvalue weighted by atomic mass is 32.2. The van der Waals surface area contributed by atoms with Gasteiger partial charge in [-0.3, -0.25) is 9.11 Å². The third-order valence-electron chi connectivity index (χ3n) is 4.81. The van der Waals surface area contributed by atoms with E-state index >= 15 is 0 Å². The second-order valence-corrected chi connectivity index (χ2v) is 10.1. The molecule has 0 unspecified atom stereocenters. The molecule has 0 amide bonds. The van der Waals surface area contributed by atoms with Crippen LogP contribution in [0, 0.1) is 0 Å². The quantitative estimate of drug-likeness (QED) is 0.167. The molecule has 0 heterocycles. The molecule has 0 saturated carbocycles. The van der Waals surface area contributed by atoms with E-state index in [1.54, 1.807) is 36.4 Å². The average Bonchev–Trinajstić information content (AvgIpc) is 2.81. The number of nitrogens with two attached hydrogens (primary N) is 1. The maximum atomic E-state index is 11.7. The van der Waals surface area contributed by atoms with Crippen LogP contribution in [0.3, 0.4) is 0 Å². The zero-order valence-electron chi connectivity index (χ0n) is 17.7. The summed E-state index contributed by atoms with van der Waals surface area (Å²) < 4.78 is 64.3. The van der Waals surface area contributed by atoms with Gasteiger partial charge in [-0.15, -0.1) is 10.2 Å². The van der Waals surface area contributed by atoms with Gasteiger partial charge in [-0.05, 0) is 72.8 Å². The molecular weight excluding hydrogens is 494 g/mol. The summed E-state index contributed by atoms with van der Waals surface area (Å²) in [6.07, 6.45) is 0. The molecule has 4 aromatic carbocycles. The Balaban J connectivity index is 1.77. The van der Waals surface area contributed by atoms with Crippen LogP contribution >= 0.6 is 0 Å². The van der Waals surface area contributed by atoms with Gasteiger partial charge in [0.25, 0.3) is 20.2 Å². The third-order valence-corrected chi connectivity index (χ3v) is 6.53. The van der Waals surface area contributed by atoms with Crippen LogP contribution in [-0.2, 0) is 20.2 Å². The third kappa shape index (κ3) is 5.73. The van der Waals surface area contributed by atoms with Gasteiger partial charge in [-0.2, -0.15) is 27.1 Å². The van der Waals surface area contributed by atoms with Gasteiger partial charge in [0.05, 0.1) is 32.5 Å². The summed E-state index contributed by atoms with van der Waals surface area (Å²) in [7, 11) is -8.83. The van der Waals surface area contributed by atoms with Crippen LogP contribution in [-0.4, -0.2) is 25.9 Å². The molecule has 13 heteroatoms. The van der Waals surface area contributed by atoms with Gasteiger partial charge in [-0.1, -0.05) is 6.07 Å². The van der Waals surface area contributed by atoms with E-state index in [2.05, 4.69) is 20.5 Å². The largest absolute Gasteiger partial charge is 0.399 e. The fourth-order valence-electron chi connectivity index (χ4n) is 3.08. The van der Waals surface area contributed by atoms with Gasteiger partial charge in [0.2, 0.25) is 0 Å². The summed E-state index contributed by atoms with van der Waals surface area (Å²) in [6.45, 7) is 0. The molecule has 0 spiro atoms. The molecule has 0 bridgehead atoms.